The Morgan fingerprint density at radius 2 is 2.35 bits per heavy atom. The summed E-state index contributed by atoms with van der Waals surface area (Å²) in [5.74, 6) is 0.574. The summed E-state index contributed by atoms with van der Waals surface area (Å²) in [5.41, 5.74) is 0.182. The molecule has 2 N–H and O–H groups in total. The first-order valence-electron chi connectivity index (χ1n) is 6.10. The first-order valence-corrected chi connectivity index (χ1v) is 7.39. The van der Waals surface area contributed by atoms with Gasteiger partial charge in [0, 0.05) is 17.4 Å². The maximum absolute atomic E-state index is 12.0. The molecule has 0 saturated heterocycles. The number of aliphatic hydroxyl groups is 1. The number of furan rings is 1. The van der Waals surface area contributed by atoms with Crippen LogP contribution in [0.4, 0.5) is 0 Å². The Morgan fingerprint density at radius 3 is 2.95 bits per heavy atom. The summed E-state index contributed by atoms with van der Waals surface area (Å²) >= 11 is 1.49. The lowest BCUT2D eigenvalue weighted by molar-refractivity contribution is 0.0927. The van der Waals surface area contributed by atoms with Crippen LogP contribution in [0.3, 0.4) is 0 Å². The average Bonchev–Trinajstić information content (AvgIpc) is 3.11. The van der Waals surface area contributed by atoms with Crippen molar-refractivity contribution in [3.05, 3.63) is 30.2 Å². The summed E-state index contributed by atoms with van der Waals surface area (Å²) in [4.78, 5) is 12.0. The number of nitrogens with zero attached hydrogens (tertiary/aromatic N) is 1. The zero-order chi connectivity index (χ0) is 14.5. The normalized spacial score (nSPS) is 13.9. The highest BCUT2D eigenvalue weighted by molar-refractivity contribution is 7.99. The third kappa shape index (κ3) is 3.23. The number of hydrogen-bond donors (Lipinski definition) is 2. The van der Waals surface area contributed by atoms with Crippen LogP contribution in [0, 0.1) is 0 Å². The lowest BCUT2D eigenvalue weighted by atomic mass is 10.2. The number of amides is 1. The van der Waals surface area contributed by atoms with Crippen molar-refractivity contribution in [2.75, 3.05) is 12.9 Å². The Balaban J connectivity index is 2.03. The van der Waals surface area contributed by atoms with Gasteiger partial charge in [-0.1, -0.05) is 5.16 Å². The van der Waals surface area contributed by atoms with E-state index in [2.05, 4.69) is 10.5 Å². The van der Waals surface area contributed by atoms with Crippen molar-refractivity contribution in [1.29, 1.82) is 0 Å². The molecule has 0 aromatic carbocycles. The molecule has 0 aliphatic rings. The quantitative estimate of drug-likeness (QED) is 0.844. The van der Waals surface area contributed by atoms with Crippen LogP contribution in [-0.4, -0.2) is 40.3 Å². The largest absolute Gasteiger partial charge is 0.461 e. The highest BCUT2D eigenvalue weighted by Gasteiger charge is 2.21. The molecule has 7 heteroatoms. The van der Waals surface area contributed by atoms with Gasteiger partial charge in [0.15, 0.2) is 11.5 Å². The van der Waals surface area contributed by atoms with Crippen molar-refractivity contribution in [1.82, 2.24) is 10.5 Å². The molecule has 2 unspecified atom stereocenters. The van der Waals surface area contributed by atoms with Crippen molar-refractivity contribution in [3.8, 4) is 11.5 Å². The Hall–Kier alpha value is -1.73. The second kappa shape index (κ2) is 6.62. The summed E-state index contributed by atoms with van der Waals surface area (Å²) in [6.07, 6.45) is 3.40. The fraction of sp³-hybridized carbons (Fsp3) is 0.385. The maximum atomic E-state index is 12.0. The average molecular weight is 296 g/mol. The van der Waals surface area contributed by atoms with Gasteiger partial charge < -0.3 is 19.4 Å². The van der Waals surface area contributed by atoms with Crippen molar-refractivity contribution >= 4 is 17.7 Å². The number of carbonyl (C=O) groups excluding carboxylic acids is 1. The molecule has 6 nitrogen and oxygen atoms in total. The van der Waals surface area contributed by atoms with Crippen LogP contribution < -0.4 is 5.32 Å². The zero-order valence-corrected chi connectivity index (χ0v) is 12.0. The first-order chi connectivity index (χ1) is 9.65. The summed E-state index contributed by atoms with van der Waals surface area (Å²) in [6.45, 7) is 1.84. The van der Waals surface area contributed by atoms with Gasteiger partial charge in [-0.05, 0) is 25.3 Å². The van der Waals surface area contributed by atoms with E-state index in [-0.39, 0.29) is 29.5 Å². The van der Waals surface area contributed by atoms with Crippen molar-refractivity contribution in [3.63, 3.8) is 0 Å². The number of aromatic nitrogens is 1. The van der Waals surface area contributed by atoms with E-state index in [4.69, 9.17) is 8.94 Å². The van der Waals surface area contributed by atoms with E-state index in [0.29, 0.717) is 11.5 Å². The smallest absolute Gasteiger partial charge is 0.273 e. The molecule has 0 radical (unpaired) electrons. The Labute approximate surface area is 120 Å². The zero-order valence-electron chi connectivity index (χ0n) is 11.2. The minimum Gasteiger partial charge on any atom is -0.461 e. The van der Waals surface area contributed by atoms with Crippen LogP contribution in [-0.2, 0) is 0 Å². The monoisotopic (exact) mass is 296 g/mol. The topological polar surface area (TPSA) is 88.5 Å². The molecule has 20 heavy (non-hydrogen) atoms. The third-order valence-corrected chi connectivity index (χ3v) is 4.07. The maximum Gasteiger partial charge on any atom is 0.273 e. The molecule has 0 fully saturated rings. The van der Waals surface area contributed by atoms with E-state index in [0.717, 1.165) is 0 Å². The van der Waals surface area contributed by atoms with Gasteiger partial charge in [-0.3, -0.25) is 4.79 Å². The van der Waals surface area contributed by atoms with E-state index in [1.807, 2.05) is 13.2 Å². The Kier molecular flexibility index (Phi) is 4.86. The molecule has 2 aromatic heterocycles. The highest BCUT2D eigenvalue weighted by atomic mass is 32.2. The summed E-state index contributed by atoms with van der Waals surface area (Å²) < 4.78 is 10.2. The molecule has 2 atom stereocenters. The number of carbonyl (C=O) groups is 1. The van der Waals surface area contributed by atoms with Crippen LogP contribution in [0.15, 0.2) is 33.4 Å². The molecule has 0 aliphatic carbocycles. The van der Waals surface area contributed by atoms with Gasteiger partial charge in [0.05, 0.1) is 12.9 Å². The van der Waals surface area contributed by atoms with Crippen LogP contribution in [0.25, 0.3) is 11.5 Å². The molecular formula is C13H16N2O4S. The highest BCUT2D eigenvalue weighted by Crippen LogP contribution is 2.20. The number of aliphatic hydroxyl groups excluding tert-OH is 1. The van der Waals surface area contributed by atoms with Crippen LogP contribution in [0.2, 0.25) is 0 Å². The summed E-state index contributed by atoms with van der Waals surface area (Å²) in [7, 11) is 0. The molecule has 0 spiro atoms. The third-order valence-electron chi connectivity index (χ3n) is 2.91. The van der Waals surface area contributed by atoms with E-state index in [9.17, 15) is 9.90 Å². The molecule has 2 aromatic rings. The van der Waals surface area contributed by atoms with Gasteiger partial charge in [-0.15, -0.1) is 0 Å². The molecular weight excluding hydrogens is 280 g/mol. The Bertz CT molecular complexity index is 548. The van der Waals surface area contributed by atoms with E-state index in [1.54, 1.807) is 12.1 Å². The van der Waals surface area contributed by atoms with Crippen molar-refractivity contribution in [2.45, 2.75) is 18.2 Å². The SMILES string of the molecule is CSC(CO)C(C)NC(=O)c1cc(-c2ccco2)on1. The van der Waals surface area contributed by atoms with Crippen LogP contribution >= 0.6 is 11.8 Å². The van der Waals surface area contributed by atoms with Crippen molar-refractivity contribution < 1.29 is 18.8 Å². The second-order valence-electron chi connectivity index (χ2n) is 4.27. The van der Waals surface area contributed by atoms with Gasteiger partial charge in [0.25, 0.3) is 5.91 Å². The molecule has 0 saturated carbocycles. The molecule has 108 valence electrons. The van der Waals surface area contributed by atoms with Gasteiger partial charge in [-0.2, -0.15) is 11.8 Å². The lowest BCUT2D eigenvalue weighted by Crippen LogP contribution is -2.41. The number of hydrogen-bond acceptors (Lipinski definition) is 6. The predicted octanol–water partition coefficient (Wildman–Crippen LogP) is 1.78. The lowest BCUT2D eigenvalue weighted by Gasteiger charge is -2.20. The van der Waals surface area contributed by atoms with E-state index >= 15 is 0 Å². The minimum absolute atomic E-state index is 0.000918. The van der Waals surface area contributed by atoms with Crippen LogP contribution in [0.5, 0.6) is 0 Å². The van der Waals surface area contributed by atoms with E-state index in [1.165, 1.54) is 24.1 Å². The molecule has 2 heterocycles. The van der Waals surface area contributed by atoms with Gasteiger partial charge in [-0.25, -0.2) is 0 Å². The Morgan fingerprint density at radius 1 is 1.55 bits per heavy atom. The standard InChI is InChI=1S/C13H16N2O4S/c1-8(12(7-16)20-2)14-13(17)9-6-11(19-15-9)10-4-3-5-18-10/h3-6,8,12,16H,7H2,1-2H3,(H,14,17). The summed E-state index contributed by atoms with van der Waals surface area (Å²) in [5, 5.41) is 15.6. The number of nitrogens with one attached hydrogen (secondary N) is 1. The van der Waals surface area contributed by atoms with Crippen LogP contribution in [0.1, 0.15) is 17.4 Å². The van der Waals surface area contributed by atoms with E-state index < -0.39 is 0 Å². The van der Waals surface area contributed by atoms with Gasteiger partial charge >= 0.3 is 0 Å². The predicted molar refractivity (Wildman–Crippen MR) is 75.5 cm³/mol. The number of thioether (sulfide) groups is 1. The van der Waals surface area contributed by atoms with Gasteiger partial charge in [0.2, 0.25) is 5.76 Å². The van der Waals surface area contributed by atoms with Gasteiger partial charge in [0.1, 0.15) is 0 Å². The number of rotatable bonds is 6. The molecule has 2 rings (SSSR count). The molecule has 0 bridgehead atoms. The fourth-order valence-corrected chi connectivity index (χ4v) is 2.35. The molecule has 1 amide bonds. The fourth-order valence-electron chi connectivity index (χ4n) is 1.73. The minimum atomic E-state index is -0.341. The first kappa shape index (κ1) is 14.7. The van der Waals surface area contributed by atoms with Crippen molar-refractivity contribution in [2.24, 2.45) is 0 Å². The second-order valence-corrected chi connectivity index (χ2v) is 5.35. The molecule has 0 aliphatic heterocycles. The summed E-state index contributed by atoms with van der Waals surface area (Å²) in [6, 6.07) is 4.80.